The molecule has 0 amide bonds. The van der Waals surface area contributed by atoms with Crippen LogP contribution in [0, 0.1) is 11.7 Å². The van der Waals surface area contributed by atoms with Crippen molar-refractivity contribution in [3.05, 3.63) is 35.6 Å². The molecule has 0 unspecified atom stereocenters. The molecular weight excluding hydrogens is 338 g/mol. The van der Waals surface area contributed by atoms with E-state index in [1.165, 1.54) is 31.2 Å². The quantitative estimate of drug-likeness (QED) is 0.862. The lowest BCUT2D eigenvalue weighted by Gasteiger charge is -2.31. The first-order valence-electron chi connectivity index (χ1n) is 8.04. The van der Waals surface area contributed by atoms with Crippen LogP contribution in [-0.2, 0) is 11.2 Å². The third-order valence-electron chi connectivity index (χ3n) is 4.86. The topological polar surface area (TPSA) is 47.3 Å². The Morgan fingerprint density at radius 3 is 2.26 bits per heavy atom. The first-order valence-corrected chi connectivity index (χ1v) is 8.04. The van der Waals surface area contributed by atoms with E-state index in [0.717, 1.165) is 18.9 Å². The van der Waals surface area contributed by atoms with Gasteiger partial charge in [0.25, 0.3) is 0 Å². The van der Waals surface area contributed by atoms with Gasteiger partial charge in [0, 0.05) is 18.1 Å². The van der Waals surface area contributed by atoms with E-state index in [2.05, 4.69) is 5.32 Å². The molecule has 132 valence electrons. The van der Waals surface area contributed by atoms with E-state index >= 15 is 0 Å². The van der Waals surface area contributed by atoms with Crippen LogP contribution in [-0.4, -0.2) is 31.3 Å². The van der Waals surface area contributed by atoms with Crippen molar-refractivity contribution < 1.29 is 9.13 Å². The standard InChI is InChI=1S/C17H25FN2O.2ClH/c18-14-5-1-12(2-6-14)9-13-3-7-15(8-4-13)20-17-11-21-10-16(17)19;;/h1-2,5-6,13,15-17,20H,3-4,7-11,19H2;2*1H/t13?,15?,16-,17-;;/m1../s1. The molecule has 3 N–H and O–H groups in total. The third kappa shape index (κ3) is 5.87. The SMILES string of the molecule is Cl.Cl.N[C@@H]1COC[C@H]1NC1CCC(Cc2ccc(F)cc2)CC1. The van der Waals surface area contributed by atoms with Crippen LogP contribution in [0.2, 0.25) is 0 Å². The van der Waals surface area contributed by atoms with E-state index in [9.17, 15) is 4.39 Å². The van der Waals surface area contributed by atoms with E-state index in [4.69, 9.17) is 10.5 Å². The van der Waals surface area contributed by atoms with Crippen LogP contribution in [0.15, 0.2) is 24.3 Å². The van der Waals surface area contributed by atoms with Gasteiger partial charge in [-0.3, -0.25) is 0 Å². The van der Waals surface area contributed by atoms with Crippen molar-refractivity contribution in [3.63, 3.8) is 0 Å². The molecule has 1 aromatic rings. The fourth-order valence-electron chi connectivity index (χ4n) is 3.53. The number of hydrogen-bond acceptors (Lipinski definition) is 3. The van der Waals surface area contributed by atoms with Gasteiger partial charge in [-0.05, 0) is 55.7 Å². The van der Waals surface area contributed by atoms with Gasteiger partial charge in [0.05, 0.1) is 13.2 Å². The lowest BCUT2D eigenvalue weighted by atomic mass is 9.82. The molecule has 1 aromatic carbocycles. The maximum atomic E-state index is 12.9. The van der Waals surface area contributed by atoms with E-state index in [-0.39, 0.29) is 36.7 Å². The summed E-state index contributed by atoms with van der Waals surface area (Å²) in [5.41, 5.74) is 7.27. The van der Waals surface area contributed by atoms with Gasteiger partial charge in [-0.1, -0.05) is 12.1 Å². The summed E-state index contributed by atoms with van der Waals surface area (Å²) in [6.45, 7) is 1.42. The molecule has 2 aliphatic rings. The van der Waals surface area contributed by atoms with Crippen LogP contribution >= 0.6 is 24.8 Å². The fourth-order valence-corrected chi connectivity index (χ4v) is 3.53. The molecule has 1 saturated carbocycles. The van der Waals surface area contributed by atoms with Crippen LogP contribution in [0.1, 0.15) is 31.2 Å². The number of ether oxygens (including phenoxy) is 1. The molecule has 3 rings (SSSR count). The first kappa shape index (κ1) is 20.7. The predicted molar refractivity (Wildman–Crippen MR) is 96.1 cm³/mol. The lowest BCUT2D eigenvalue weighted by molar-refractivity contribution is 0.182. The van der Waals surface area contributed by atoms with Crippen LogP contribution < -0.4 is 11.1 Å². The third-order valence-corrected chi connectivity index (χ3v) is 4.86. The summed E-state index contributed by atoms with van der Waals surface area (Å²) in [5, 5.41) is 3.66. The van der Waals surface area contributed by atoms with Gasteiger partial charge < -0.3 is 15.8 Å². The Kier molecular flexibility index (Phi) is 8.80. The average Bonchev–Trinajstić information content (AvgIpc) is 2.89. The second-order valence-electron chi connectivity index (χ2n) is 6.52. The summed E-state index contributed by atoms with van der Waals surface area (Å²) in [7, 11) is 0. The fraction of sp³-hybridized carbons (Fsp3) is 0.647. The zero-order valence-corrected chi connectivity index (χ0v) is 14.9. The van der Waals surface area contributed by atoms with Gasteiger partial charge in [0.15, 0.2) is 0 Å². The van der Waals surface area contributed by atoms with Gasteiger partial charge in [0.1, 0.15) is 5.82 Å². The number of hydrogen-bond donors (Lipinski definition) is 2. The molecule has 23 heavy (non-hydrogen) atoms. The number of nitrogens with two attached hydrogens (primary N) is 1. The highest BCUT2D eigenvalue weighted by Gasteiger charge is 2.29. The summed E-state index contributed by atoms with van der Waals surface area (Å²) in [6.07, 6.45) is 5.94. The minimum absolute atomic E-state index is 0. The first-order chi connectivity index (χ1) is 10.2. The maximum absolute atomic E-state index is 12.9. The van der Waals surface area contributed by atoms with Crippen molar-refractivity contribution in [3.8, 4) is 0 Å². The zero-order chi connectivity index (χ0) is 14.7. The molecule has 2 atom stereocenters. The molecule has 0 bridgehead atoms. The minimum atomic E-state index is -0.151. The summed E-state index contributed by atoms with van der Waals surface area (Å²) in [6, 6.07) is 7.98. The summed E-state index contributed by atoms with van der Waals surface area (Å²) in [5.74, 6) is 0.573. The molecule has 1 heterocycles. The Morgan fingerprint density at radius 2 is 1.70 bits per heavy atom. The lowest BCUT2D eigenvalue weighted by Crippen LogP contribution is -2.49. The highest BCUT2D eigenvalue weighted by atomic mass is 35.5. The van der Waals surface area contributed by atoms with E-state index in [1.807, 2.05) is 12.1 Å². The van der Waals surface area contributed by atoms with Gasteiger partial charge in [0.2, 0.25) is 0 Å². The Bertz CT molecular complexity index is 452. The normalized spacial score (nSPS) is 30.3. The molecule has 1 aliphatic heterocycles. The van der Waals surface area contributed by atoms with Gasteiger partial charge >= 0.3 is 0 Å². The number of benzene rings is 1. The molecule has 1 saturated heterocycles. The molecule has 1 aliphatic carbocycles. The zero-order valence-electron chi connectivity index (χ0n) is 13.2. The second kappa shape index (κ2) is 9.80. The van der Waals surface area contributed by atoms with Crippen LogP contribution in [0.4, 0.5) is 4.39 Å². The molecule has 6 heteroatoms. The smallest absolute Gasteiger partial charge is 0.123 e. The Balaban J connectivity index is 0.00000132. The summed E-state index contributed by atoms with van der Waals surface area (Å²) in [4.78, 5) is 0. The molecule has 2 fully saturated rings. The van der Waals surface area contributed by atoms with Gasteiger partial charge in [-0.2, -0.15) is 0 Å². The van der Waals surface area contributed by atoms with Crippen molar-refractivity contribution in [2.24, 2.45) is 11.7 Å². The van der Waals surface area contributed by atoms with Crippen molar-refractivity contribution in [1.29, 1.82) is 0 Å². The Labute approximate surface area is 150 Å². The van der Waals surface area contributed by atoms with Gasteiger partial charge in [-0.25, -0.2) is 4.39 Å². The summed E-state index contributed by atoms with van der Waals surface area (Å²) < 4.78 is 18.3. The van der Waals surface area contributed by atoms with Crippen molar-refractivity contribution in [2.45, 2.75) is 50.2 Å². The highest BCUT2D eigenvalue weighted by Crippen LogP contribution is 2.28. The van der Waals surface area contributed by atoms with Crippen molar-refractivity contribution in [2.75, 3.05) is 13.2 Å². The van der Waals surface area contributed by atoms with Gasteiger partial charge in [-0.15, -0.1) is 24.8 Å². The van der Waals surface area contributed by atoms with Crippen molar-refractivity contribution in [1.82, 2.24) is 5.32 Å². The number of rotatable bonds is 4. The summed E-state index contributed by atoms with van der Waals surface area (Å²) >= 11 is 0. The van der Waals surface area contributed by atoms with E-state index in [0.29, 0.717) is 18.7 Å². The second-order valence-corrected chi connectivity index (χ2v) is 6.52. The number of nitrogens with one attached hydrogen (secondary N) is 1. The molecule has 0 radical (unpaired) electrons. The maximum Gasteiger partial charge on any atom is 0.123 e. The largest absolute Gasteiger partial charge is 0.378 e. The minimum Gasteiger partial charge on any atom is -0.378 e. The Hall–Kier alpha value is -0.390. The number of halogens is 3. The van der Waals surface area contributed by atoms with Crippen LogP contribution in [0.25, 0.3) is 0 Å². The van der Waals surface area contributed by atoms with E-state index < -0.39 is 0 Å². The monoisotopic (exact) mass is 364 g/mol. The van der Waals surface area contributed by atoms with E-state index in [1.54, 1.807) is 12.1 Å². The molecule has 3 nitrogen and oxygen atoms in total. The van der Waals surface area contributed by atoms with Crippen LogP contribution in [0.3, 0.4) is 0 Å². The molecule has 0 spiro atoms. The Morgan fingerprint density at radius 1 is 1.04 bits per heavy atom. The molecular formula is C17H27Cl2FN2O. The van der Waals surface area contributed by atoms with Crippen LogP contribution in [0.5, 0.6) is 0 Å². The predicted octanol–water partition coefficient (Wildman–Crippen LogP) is 3.09. The molecule has 0 aromatic heterocycles. The highest BCUT2D eigenvalue weighted by molar-refractivity contribution is 5.85. The average molecular weight is 365 g/mol. The van der Waals surface area contributed by atoms with Crippen molar-refractivity contribution >= 4 is 24.8 Å².